The van der Waals surface area contributed by atoms with Crippen LogP contribution in [0.3, 0.4) is 0 Å². The molecule has 1 saturated heterocycles. The predicted molar refractivity (Wildman–Crippen MR) is 71.0 cm³/mol. The minimum atomic E-state index is 0.0649. The standard InChI is InChI=1S/C11H20N4OS/c12-10(17)3-5-14(9-1-2-9)7-8-15-6-4-13-11(15)16/h9H,1-8H2,(H2,12,17)(H,13,16). The van der Waals surface area contributed by atoms with Gasteiger partial charge >= 0.3 is 6.03 Å². The van der Waals surface area contributed by atoms with Crippen molar-refractivity contribution in [2.75, 3.05) is 32.7 Å². The topological polar surface area (TPSA) is 61.6 Å². The van der Waals surface area contributed by atoms with E-state index in [2.05, 4.69) is 10.2 Å². The van der Waals surface area contributed by atoms with Crippen LogP contribution in [0.4, 0.5) is 4.79 Å². The van der Waals surface area contributed by atoms with Gasteiger partial charge in [-0.15, -0.1) is 0 Å². The highest BCUT2D eigenvalue weighted by Crippen LogP contribution is 2.26. The lowest BCUT2D eigenvalue weighted by Crippen LogP contribution is -2.39. The molecule has 2 amide bonds. The van der Waals surface area contributed by atoms with Crippen LogP contribution in [0, 0.1) is 0 Å². The summed E-state index contributed by atoms with van der Waals surface area (Å²) in [5.74, 6) is 0. The number of nitrogens with two attached hydrogens (primary N) is 1. The van der Waals surface area contributed by atoms with Crippen LogP contribution in [0.2, 0.25) is 0 Å². The molecule has 0 aromatic heterocycles. The number of carbonyl (C=O) groups excluding carboxylic acids is 1. The molecule has 0 bridgehead atoms. The molecule has 17 heavy (non-hydrogen) atoms. The first-order valence-corrected chi connectivity index (χ1v) is 6.63. The molecule has 2 fully saturated rings. The van der Waals surface area contributed by atoms with Crippen molar-refractivity contribution < 1.29 is 4.79 Å². The number of amides is 2. The maximum absolute atomic E-state index is 11.4. The zero-order valence-corrected chi connectivity index (χ0v) is 10.8. The fourth-order valence-corrected chi connectivity index (χ4v) is 2.24. The number of carbonyl (C=O) groups is 1. The molecule has 2 aliphatic rings. The van der Waals surface area contributed by atoms with Gasteiger partial charge in [0, 0.05) is 45.2 Å². The molecule has 1 saturated carbocycles. The number of urea groups is 1. The molecule has 1 heterocycles. The van der Waals surface area contributed by atoms with Crippen LogP contribution < -0.4 is 11.1 Å². The van der Waals surface area contributed by atoms with Crippen molar-refractivity contribution in [3.63, 3.8) is 0 Å². The molecule has 0 unspecified atom stereocenters. The summed E-state index contributed by atoms with van der Waals surface area (Å²) in [6, 6.07) is 0.755. The Morgan fingerprint density at radius 2 is 2.29 bits per heavy atom. The third-order valence-corrected chi connectivity index (χ3v) is 3.52. The van der Waals surface area contributed by atoms with E-state index in [-0.39, 0.29) is 6.03 Å². The molecule has 0 radical (unpaired) electrons. The van der Waals surface area contributed by atoms with E-state index in [1.165, 1.54) is 12.8 Å². The Bertz CT molecular complexity index is 306. The van der Waals surface area contributed by atoms with Gasteiger partial charge in [-0.3, -0.25) is 4.90 Å². The number of nitrogens with one attached hydrogen (secondary N) is 1. The lowest BCUT2D eigenvalue weighted by molar-refractivity contribution is 0.199. The van der Waals surface area contributed by atoms with Gasteiger partial charge in [-0.25, -0.2) is 4.79 Å². The molecule has 1 aliphatic carbocycles. The summed E-state index contributed by atoms with van der Waals surface area (Å²) in [4.78, 5) is 16.3. The van der Waals surface area contributed by atoms with E-state index in [0.717, 1.165) is 39.1 Å². The van der Waals surface area contributed by atoms with E-state index in [0.29, 0.717) is 11.0 Å². The predicted octanol–water partition coefficient (Wildman–Crippen LogP) is 0.152. The van der Waals surface area contributed by atoms with Crippen molar-refractivity contribution in [3.8, 4) is 0 Å². The molecular weight excluding hydrogens is 236 g/mol. The van der Waals surface area contributed by atoms with Crippen molar-refractivity contribution in [1.82, 2.24) is 15.1 Å². The van der Waals surface area contributed by atoms with Crippen LogP contribution in [-0.4, -0.2) is 59.6 Å². The van der Waals surface area contributed by atoms with Gasteiger partial charge in [0.25, 0.3) is 0 Å². The maximum atomic E-state index is 11.4. The monoisotopic (exact) mass is 256 g/mol. The normalized spacial score (nSPS) is 19.8. The molecule has 0 aromatic rings. The van der Waals surface area contributed by atoms with Crippen LogP contribution >= 0.6 is 12.2 Å². The zero-order valence-electron chi connectivity index (χ0n) is 10.0. The van der Waals surface area contributed by atoms with Gasteiger partial charge in [0.1, 0.15) is 0 Å². The molecule has 1 aliphatic heterocycles. The quantitative estimate of drug-likeness (QED) is 0.637. The summed E-state index contributed by atoms with van der Waals surface area (Å²) < 4.78 is 0. The van der Waals surface area contributed by atoms with Crippen LogP contribution in [0.25, 0.3) is 0 Å². The zero-order chi connectivity index (χ0) is 12.3. The first kappa shape index (κ1) is 12.6. The number of thiocarbonyl (C=S) groups is 1. The molecule has 0 atom stereocenters. The minimum Gasteiger partial charge on any atom is -0.393 e. The van der Waals surface area contributed by atoms with Crippen LogP contribution in [0.5, 0.6) is 0 Å². The van der Waals surface area contributed by atoms with Crippen molar-refractivity contribution in [2.45, 2.75) is 25.3 Å². The molecule has 0 aromatic carbocycles. The summed E-state index contributed by atoms with van der Waals surface area (Å²) in [7, 11) is 0. The smallest absolute Gasteiger partial charge is 0.317 e. The fourth-order valence-electron chi connectivity index (χ4n) is 2.14. The van der Waals surface area contributed by atoms with E-state index in [9.17, 15) is 4.79 Å². The molecule has 0 spiro atoms. The third kappa shape index (κ3) is 3.81. The summed E-state index contributed by atoms with van der Waals surface area (Å²) in [5.41, 5.74) is 5.53. The lowest BCUT2D eigenvalue weighted by atomic mass is 10.3. The highest BCUT2D eigenvalue weighted by atomic mass is 32.1. The molecule has 6 heteroatoms. The molecule has 2 rings (SSSR count). The van der Waals surface area contributed by atoms with Crippen LogP contribution in [0.15, 0.2) is 0 Å². The first-order valence-electron chi connectivity index (χ1n) is 6.22. The van der Waals surface area contributed by atoms with Gasteiger partial charge in [0.2, 0.25) is 0 Å². The average molecular weight is 256 g/mol. The van der Waals surface area contributed by atoms with Crippen molar-refractivity contribution in [2.24, 2.45) is 5.73 Å². The molecule has 3 N–H and O–H groups in total. The molecular formula is C11H20N4OS. The SMILES string of the molecule is NC(=S)CCN(CCN1CCNC1=O)C1CC1. The van der Waals surface area contributed by atoms with Gasteiger partial charge in [-0.1, -0.05) is 12.2 Å². The summed E-state index contributed by atoms with van der Waals surface area (Å²) in [6.45, 7) is 4.26. The number of rotatable bonds is 7. The van der Waals surface area contributed by atoms with Gasteiger partial charge < -0.3 is 16.0 Å². The van der Waals surface area contributed by atoms with Crippen molar-refractivity contribution in [3.05, 3.63) is 0 Å². The van der Waals surface area contributed by atoms with E-state index in [1.54, 1.807) is 0 Å². The second kappa shape index (κ2) is 5.64. The number of nitrogens with zero attached hydrogens (tertiary/aromatic N) is 2. The van der Waals surface area contributed by atoms with Crippen LogP contribution in [0.1, 0.15) is 19.3 Å². The molecule has 96 valence electrons. The third-order valence-electron chi connectivity index (χ3n) is 3.31. The Morgan fingerprint density at radius 3 is 2.82 bits per heavy atom. The number of hydrogen-bond donors (Lipinski definition) is 2. The lowest BCUT2D eigenvalue weighted by Gasteiger charge is -2.24. The Morgan fingerprint density at radius 1 is 1.53 bits per heavy atom. The summed E-state index contributed by atoms with van der Waals surface area (Å²) in [5, 5.41) is 2.82. The van der Waals surface area contributed by atoms with E-state index in [1.807, 2.05) is 4.90 Å². The van der Waals surface area contributed by atoms with Crippen molar-refractivity contribution >= 4 is 23.2 Å². The first-order chi connectivity index (χ1) is 8.16. The van der Waals surface area contributed by atoms with Gasteiger partial charge in [0.15, 0.2) is 0 Å². The largest absolute Gasteiger partial charge is 0.393 e. The molecule has 5 nitrogen and oxygen atoms in total. The highest BCUT2D eigenvalue weighted by Gasteiger charge is 2.29. The Balaban J connectivity index is 1.73. The Kier molecular flexibility index (Phi) is 4.17. The fraction of sp³-hybridized carbons (Fsp3) is 0.818. The van der Waals surface area contributed by atoms with E-state index < -0.39 is 0 Å². The van der Waals surface area contributed by atoms with Gasteiger partial charge in [-0.2, -0.15) is 0 Å². The van der Waals surface area contributed by atoms with E-state index >= 15 is 0 Å². The average Bonchev–Trinajstić information content (AvgIpc) is 3.03. The van der Waals surface area contributed by atoms with Gasteiger partial charge in [-0.05, 0) is 12.8 Å². The Hall–Kier alpha value is -0.880. The minimum absolute atomic E-state index is 0.0649. The summed E-state index contributed by atoms with van der Waals surface area (Å²) in [6.07, 6.45) is 3.31. The second-order valence-corrected chi connectivity index (χ2v) is 5.23. The van der Waals surface area contributed by atoms with E-state index in [4.69, 9.17) is 18.0 Å². The summed E-state index contributed by atoms with van der Waals surface area (Å²) >= 11 is 4.91. The second-order valence-electron chi connectivity index (χ2n) is 4.70. The number of hydrogen-bond acceptors (Lipinski definition) is 3. The van der Waals surface area contributed by atoms with Gasteiger partial charge in [0.05, 0.1) is 4.99 Å². The Labute approximate surface area is 107 Å². The van der Waals surface area contributed by atoms with Crippen LogP contribution in [-0.2, 0) is 0 Å². The highest BCUT2D eigenvalue weighted by molar-refractivity contribution is 7.80. The van der Waals surface area contributed by atoms with Crippen molar-refractivity contribution in [1.29, 1.82) is 0 Å². The maximum Gasteiger partial charge on any atom is 0.317 e.